The molecule has 0 aromatic rings. The van der Waals surface area contributed by atoms with Gasteiger partial charge in [-0.05, 0) is 35.7 Å². The molecule has 0 bridgehead atoms. The Hall–Kier alpha value is -0.380. The first kappa shape index (κ1) is 19.6. The van der Waals surface area contributed by atoms with E-state index in [0.717, 1.165) is 6.42 Å². The number of aliphatic hydroxyl groups excluding tert-OH is 3. The Morgan fingerprint density at radius 1 is 0.900 bits per heavy atom. The maximum absolute atomic E-state index is 10.4. The molecule has 0 rings (SSSR count). The molecule has 3 N–H and O–H groups in total. The van der Waals surface area contributed by atoms with Gasteiger partial charge in [0.15, 0.2) is 0 Å². The van der Waals surface area contributed by atoms with E-state index >= 15 is 0 Å². The molecule has 3 nitrogen and oxygen atoms in total. The molecular formula is C17H34O3. The van der Waals surface area contributed by atoms with Gasteiger partial charge in [0.1, 0.15) is 0 Å². The zero-order valence-electron chi connectivity index (χ0n) is 14.0. The lowest BCUT2D eigenvalue weighted by Crippen LogP contribution is -2.35. The van der Waals surface area contributed by atoms with Crippen molar-refractivity contribution in [2.45, 2.75) is 60.2 Å². The van der Waals surface area contributed by atoms with Gasteiger partial charge in [-0.25, -0.2) is 0 Å². The highest BCUT2D eigenvalue weighted by Crippen LogP contribution is 2.33. The van der Waals surface area contributed by atoms with Crippen LogP contribution >= 0.6 is 0 Å². The van der Waals surface area contributed by atoms with Gasteiger partial charge in [-0.1, -0.05) is 48.1 Å². The van der Waals surface area contributed by atoms with E-state index < -0.39 is 6.10 Å². The molecule has 120 valence electrons. The largest absolute Gasteiger partial charge is 0.396 e. The highest BCUT2D eigenvalue weighted by Gasteiger charge is 2.32. The minimum absolute atomic E-state index is 0.0114. The van der Waals surface area contributed by atoms with Crippen LogP contribution in [0.3, 0.4) is 0 Å². The van der Waals surface area contributed by atoms with E-state index in [-0.39, 0.29) is 36.4 Å². The van der Waals surface area contributed by atoms with E-state index in [0.29, 0.717) is 11.5 Å². The molecule has 0 heterocycles. The zero-order valence-corrected chi connectivity index (χ0v) is 14.0. The molecule has 0 aromatic carbocycles. The Labute approximate surface area is 124 Å². The summed E-state index contributed by atoms with van der Waals surface area (Å²) in [6.45, 7) is 16.1. The standard InChI is InChI=1S/C17H34O3/c1-8-16(19)14(6)12(4)13(5)15(7)17(20)11(3)10(2)9-18/h10,12-20H,3,8-9H2,1-2,4-7H3. The summed E-state index contributed by atoms with van der Waals surface area (Å²) in [7, 11) is 0. The second kappa shape index (κ2) is 8.81. The molecule has 0 spiro atoms. The fourth-order valence-corrected chi connectivity index (χ4v) is 2.71. The predicted molar refractivity (Wildman–Crippen MR) is 84.4 cm³/mol. The van der Waals surface area contributed by atoms with Gasteiger partial charge in [0.05, 0.1) is 12.2 Å². The van der Waals surface area contributed by atoms with E-state index in [4.69, 9.17) is 0 Å². The Balaban J connectivity index is 4.75. The SMILES string of the molecule is C=C(C(C)CO)C(O)C(C)C(C)C(C)C(C)C(O)CC. The normalized spacial score (nSPS) is 22.4. The van der Waals surface area contributed by atoms with Gasteiger partial charge in [0, 0.05) is 12.5 Å². The molecule has 20 heavy (non-hydrogen) atoms. The predicted octanol–water partition coefficient (Wildman–Crippen LogP) is 2.85. The lowest BCUT2D eigenvalue weighted by atomic mass is 9.72. The molecule has 0 saturated carbocycles. The third-order valence-electron chi connectivity index (χ3n) is 5.30. The monoisotopic (exact) mass is 286 g/mol. The van der Waals surface area contributed by atoms with Crippen LogP contribution in [0, 0.1) is 29.6 Å². The summed E-state index contributed by atoms with van der Waals surface area (Å²) in [5.74, 6) is 0.746. The van der Waals surface area contributed by atoms with E-state index in [2.05, 4.69) is 27.4 Å². The summed E-state index contributed by atoms with van der Waals surface area (Å²) in [5.41, 5.74) is 0.697. The fourth-order valence-electron chi connectivity index (χ4n) is 2.71. The molecule has 0 fully saturated rings. The third kappa shape index (κ3) is 4.87. The first-order chi connectivity index (χ1) is 9.18. The Morgan fingerprint density at radius 2 is 1.35 bits per heavy atom. The maximum Gasteiger partial charge on any atom is 0.0779 e. The van der Waals surface area contributed by atoms with Gasteiger partial charge < -0.3 is 15.3 Å². The average molecular weight is 286 g/mol. The van der Waals surface area contributed by atoms with Crippen LogP contribution in [-0.4, -0.2) is 34.1 Å². The lowest BCUT2D eigenvalue weighted by molar-refractivity contribution is 0.0305. The molecule has 3 heteroatoms. The van der Waals surface area contributed by atoms with Crippen LogP contribution in [0.15, 0.2) is 12.2 Å². The number of aliphatic hydroxyl groups is 3. The summed E-state index contributed by atoms with van der Waals surface area (Å²) < 4.78 is 0. The quantitative estimate of drug-likeness (QED) is 0.571. The van der Waals surface area contributed by atoms with E-state index in [9.17, 15) is 15.3 Å². The fraction of sp³-hybridized carbons (Fsp3) is 0.882. The average Bonchev–Trinajstić information content (AvgIpc) is 2.48. The molecule has 0 aliphatic carbocycles. The minimum atomic E-state index is -0.611. The van der Waals surface area contributed by atoms with Crippen LogP contribution in [0.25, 0.3) is 0 Å². The van der Waals surface area contributed by atoms with Gasteiger partial charge in [0.2, 0.25) is 0 Å². The molecule has 0 aliphatic heterocycles. The van der Waals surface area contributed by atoms with Crippen molar-refractivity contribution in [3.8, 4) is 0 Å². The first-order valence-electron chi connectivity index (χ1n) is 7.84. The van der Waals surface area contributed by atoms with Crippen LogP contribution < -0.4 is 0 Å². The molecule has 0 saturated heterocycles. The van der Waals surface area contributed by atoms with Crippen LogP contribution in [0.4, 0.5) is 0 Å². The van der Waals surface area contributed by atoms with Crippen LogP contribution in [0.1, 0.15) is 48.0 Å². The first-order valence-corrected chi connectivity index (χ1v) is 7.84. The van der Waals surface area contributed by atoms with Crippen LogP contribution in [0.5, 0.6) is 0 Å². The Morgan fingerprint density at radius 3 is 1.75 bits per heavy atom. The molecule has 7 unspecified atom stereocenters. The lowest BCUT2D eigenvalue weighted by Gasteiger charge is -2.36. The van der Waals surface area contributed by atoms with Crippen molar-refractivity contribution < 1.29 is 15.3 Å². The molecule has 0 aliphatic rings. The number of rotatable bonds is 9. The van der Waals surface area contributed by atoms with Crippen molar-refractivity contribution in [3.63, 3.8) is 0 Å². The molecular weight excluding hydrogens is 252 g/mol. The van der Waals surface area contributed by atoms with Gasteiger partial charge in [0.25, 0.3) is 0 Å². The second-order valence-corrected chi connectivity index (χ2v) is 6.52. The molecule has 0 amide bonds. The smallest absolute Gasteiger partial charge is 0.0779 e. The highest BCUT2D eigenvalue weighted by molar-refractivity contribution is 5.08. The number of hydrogen-bond acceptors (Lipinski definition) is 3. The summed E-state index contributed by atoms with van der Waals surface area (Å²) in [4.78, 5) is 0. The summed E-state index contributed by atoms with van der Waals surface area (Å²) in [6, 6.07) is 0. The highest BCUT2D eigenvalue weighted by atomic mass is 16.3. The number of hydrogen-bond donors (Lipinski definition) is 3. The van der Waals surface area contributed by atoms with Crippen molar-refractivity contribution >= 4 is 0 Å². The van der Waals surface area contributed by atoms with Gasteiger partial charge in [-0.2, -0.15) is 0 Å². The van der Waals surface area contributed by atoms with Crippen molar-refractivity contribution in [3.05, 3.63) is 12.2 Å². The van der Waals surface area contributed by atoms with Crippen molar-refractivity contribution in [2.24, 2.45) is 29.6 Å². The van der Waals surface area contributed by atoms with Crippen LogP contribution in [-0.2, 0) is 0 Å². The molecule has 0 radical (unpaired) electrons. The summed E-state index contributed by atoms with van der Waals surface area (Å²) >= 11 is 0. The minimum Gasteiger partial charge on any atom is -0.396 e. The summed E-state index contributed by atoms with van der Waals surface area (Å²) in [6.07, 6.45) is -0.152. The summed E-state index contributed by atoms with van der Waals surface area (Å²) in [5, 5.41) is 29.6. The van der Waals surface area contributed by atoms with Crippen molar-refractivity contribution in [1.82, 2.24) is 0 Å². The zero-order chi connectivity index (χ0) is 16.0. The second-order valence-electron chi connectivity index (χ2n) is 6.52. The van der Waals surface area contributed by atoms with Crippen molar-refractivity contribution in [1.29, 1.82) is 0 Å². The Bertz CT molecular complexity index is 290. The maximum atomic E-state index is 10.4. The third-order valence-corrected chi connectivity index (χ3v) is 5.30. The van der Waals surface area contributed by atoms with Crippen molar-refractivity contribution in [2.75, 3.05) is 6.61 Å². The Kier molecular flexibility index (Phi) is 8.64. The van der Waals surface area contributed by atoms with E-state index in [1.165, 1.54) is 0 Å². The van der Waals surface area contributed by atoms with Gasteiger partial charge in [-0.3, -0.25) is 0 Å². The van der Waals surface area contributed by atoms with Gasteiger partial charge >= 0.3 is 0 Å². The van der Waals surface area contributed by atoms with Gasteiger partial charge in [-0.15, -0.1) is 0 Å². The van der Waals surface area contributed by atoms with E-state index in [1.807, 2.05) is 20.8 Å². The van der Waals surface area contributed by atoms with E-state index in [1.54, 1.807) is 0 Å². The molecule has 0 aromatic heterocycles. The topological polar surface area (TPSA) is 60.7 Å². The van der Waals surface area contributed by atoms with Crippen LogP contribution in [0.2, 0.25) is 0 Å². The molecule has 7 atom stereocenters.